The molecule has 1 heterocycles. The Bertz CT molecular complexity index is 504. The van der Waals surface area contributed by atoms with Gasteiger partial charge in [0.05, 0.1) is 7.11 Å². The number of halogens is 2. The van der Waals surface area contributed by atoms with Gasteiger partial charge in [0, 0.05) is 24.4 Å². The number of hydrogen-bond acceptors (Lipinski definition) is 2. The molecule has 0 aromatic carbocycles. The summed E-state index contributed by atoms with van der Waals surface area (Å²) in [6.07, 6.45) is 3.71. The van der Waals surface area contributed by atoms with Crippen LogP contribution in [0.3, 0.4) is 0 Å². The van der Waals surface area contributed by atoms with Crippen molar-refractivity contribution in [2.24, 2.45) is 0 Å². The Kier molecular flexibility index (Phi) is 5.30. The van der Waals surface area contributed by atoms with E-state index in [1.807, 2.05) is 6.92 Å². The van der Waals surface area contributed by atoms with Crippen LogP contribution in [0.2, 0.25) is 0 Å². The second-order valence-corrected chi connectivity index (χ2v) is 3.55. The molecule has 0 aliphatic heterocycles. The third-order valence-electron chi connectivity index (χ3n) is 2.36. The quantitative estimate of drug-likeness (QED) is 0.598. The lowest BCUT2D eigenvalue weighted by Crippen LogP contribution is -2.18. The Balaban J connectivity index is 2.85. The SMILES string of the molecule is C/C=C(\C=C/Cn1cc(C(F)F)ccc1=O)OC. The first-order chi connectivity index (χ1) is 8.58. The first-order valence-electron chi connectivity index (χ1n) is 5.44. The van der Waals surface area contributed by atoms with E-state index in [0.29, 0.717) is 5.76 Å². The summed E-state index contributed by atoms with van der Waals surface area (Å²) in [5.74, 6) is 0.646. The molecule has 0 saturated carbocycles. The van der Waals surface area contributed by atoms with Gasteiger partial charge in [-0.25, -0.2) is 8.78 Å². The first-order valence-corrected chi connectivity index (χ1v) is 5.44. The molecule has 1 rings (SSSR count). The molecule has 18 heavy (non-hydrogen) atoms. The maximum atomic E-state index is 12.5. The number of ether oxygens (including phenoxy) is 1. The number of allylic oxidation sites excluding steroid dienone is 3. The Morgan fingerprint density at radius 3 is 2.78 bits per heavy atom. The Morgan fingerprint density at radius 1 is 1.50 bits per heavy atom. The van der Waals surface area contributed by atoms with Gasteiger partial charge in [0.1, 0.15) is 5.76 Å². The summed E-state index contributed by atoms with van der Waals surface area (Å²) in [6, 6.07) is 2.28. The van der Waals surface area contributed by atoms with E-state index < -0.39 is 6.43 Å². The van der Waals surface area contributed by atoms with Crippen molar-refractivity contribution in [1.82, 2.24) is 4.57 Å². The molecule has 0 N–H and O–H groups in total. The molecule has 0 spiro atoms. The van der Waals surface area contributed by atoms with Gasteiger partial charge in [-0.3, -0.25) is 4.79 Å². The van der Waals surface area contributed by atoms with Crippen LogP contribution in [-0.2, 0) is 11.3 Å². The molecule has 98 valence electrons. The van der Waals surface area contributed by atoms with E-state index in [1.54, 1.807) is 18.2 Å². The Morgan fingerprint density at radius 2 is 2.22 bits per heavy atom. The summed E-state index contributed by atoms with van der Waals surface area (Å²) in [6.45, 7) is 2.03. The third kappa shape index (κ3) is 3.84. The van der Waals surface area contributed by atoms with Gasteiger partial charge in [0.15, 0.2) is 0 Å². The van der Waals surface area contributed by atoms with Crippen molar-refractivity contribution in [3.05, 3.63) is 58.2 Å². The van der Waals surface area contributed by atoms with Crippen LogP contribution in [0.1, 0.15) is 18.9 Å². The van der Waals surface area contributed by atoms with Crippen molar-refractivity contribution in [2.75, 3.05) is 7.11 Å². The molecule has 0 radical (unpaired) electrons. The summed E-state index contributed by atoms with van der Waals surface area (Å²) >= 11 is 0. The molecule has 5 heteroatoms. The molecule has 0 unspecified atom stereocenters. The predicted octanol–water partition coefficient (Wildman–Crippen LogP) is 2.89. The Labute approximate surface area is 104 Å². The first kappa shape index (κ1) is 14.2. The number of pyridine rings is 1. The molecular weight excluding hydrogens is 240 g/mol. The van der Waals surface area contributed by atoms with Gasteiger partial charge < -0.3 is 9.30 Å². The van der Waals surface area contributed by atoms with E-state index in [2.05, 4.69) is 0 Å². The lowest BCUT2D eigenvalue weighted by atomic mass is 10.3. The second kappa shape index (κ2) is 6.74. The van der Waals surface area contributed by atoms with Crippen LogP contribution in [0.25, 0.3) is 0 Å². The molecule has 0 atom stereocenters. The molecule has 0 aliphatic carbocycles. The highest BCUT2D eigenvalue weighted by atomic mass is 19.3. The fourth-order valence-corrected chi connectivity index (χ4v) is 1.39. The van der Waals surface area contributed by atoms with Crippen LogP contribution in [0.4, 0.5) is 8.78 Å². The van der Waals surface area contributed by atoms with Crippen molar-refractivity contribution < 1.29 is 13.5 Å². The van der Waals surface area contributed by atoms with Gasteiger partial charge in [-0.15, -0.1) is 0 Å². The number of aromatic nitrogens is 1. The number of methoxy groups -OCH3 is 1. The fraction of sp³-hybridized carbons (Fsp3) is 0.308. The zero-order valence-corrected chi connectivity index (χ0v) is 10.3. The Hall–Kier alpha value is -1.91. The second-order valence-electron chi connectivity index (χ2n) is 3.55. The lowest BCUT2D eigenvalue weighted by Gasteiger charge is -2.05. The molecule has 1 aromatic rings. The van der Waals surface area contributed by atoms with Crippen molar-refractivity contribution in [2.45, 2.75) is 19.9 Å². The summed E-state index contributed by atoms with van der Waals surface area (Å²) in [5, 5.41) is 0. The van der Waals surface area contributed by atoms with E-state index in [4.69, 9.17) is 4.74 Å². The number of hydrogen-bond donors (Lipinski definition) is 0. The molecule has 0 aliphatic rings. The highest BCUT2D eigenvalue weighted by Gasteiger charge is 2.07. The number of alkyl halides is 2. The van der Waals surface area contributed by atoms with Crippen molar-refractivity contribution in [3.8, 4) is 0 Å². The minimum absolute atomic E-state index is 0.166. The summed E-state index contributed by atoms with van der Waals surface area (Å²) in [7, 11) is 1.53. The average molecular weight is 255 g/mol. The zero-order chi connectivity index (χ0) is 13.5. The highest BCUT2D eigenvalue weighted by molar-refractivity contribution is 5.13. The van der Waals surface area contributed by atoms with E-state index >= 15 is 0 Å². The van der Waals surface area contributed by atoms with Gasteiger partial charge in [-0.05, 0) is 25.1 Å². The van der Waals surface area contributed by atoms with Crippen LogP contribution in [0.15, 0.2) is 47.1 Å². The molecule has 3 nitrogen and oxygen atoms in total. The van der Waals surface area contributed by atoms with Crippen LogP contribution < -0.4 is 5.56 Å². The van der Waals surface area contributed by atoms with Crippen molar-refractivity contribution in [3.63, 3.8) is 0 Å². The lowest BCUT2D eigenvalue weighted by molar-refractivity contribution is 0.150. The van der Waals surface area contributed by atoms with Gasteiger partial charge >= 0.3 is 0 Å². The minimum atomic E-state index is -2.58. The van der Waals surface area contributed by atoms with Gasteiger partial charge in [0.2, 0.25) is 0 Å². The van der Waals surface area contributed by atoms with E-state index in [-0.39, 0.29) is 17.7 Å². The van der Waals surface area contributed by atoms with E-state index in [9.17, 15) is 13.6 Å². The smallest absolute Gasteiger partial charge is 0.265 e. The third-order valence-corrected chi connectivity index (χ3v) is 2.36. The van der Waals surface area contributed by atoms with Crippen LogP contribution in [0.5, 0.6) is 0 Å². The molecule has 1 aromatic heterocycles. The van der Waals surface area contributed by atoms with Crippen molar-refractivity contribution >= 4 is 0 Å². The molecule has 0 saturated heterocycles. The van der Waals surface area contributed by atoms with Crippen molar-refractivity contribution in [1.29, 1.82) is 0 Å². The average Bonchev–Trinajstić information content (AvgIpc) is 2.36. The number of rotatable bonds is 5. The summed E-state index contributed by atoms with van der Waals surface area (Å²) < 4.78 is 31.2. The molecule has 0 amide bonds. The van der Waals surface area contributed by atoms with Gasteiger partial charge in [-0.1, -0.05) is 6.08 Å². The van der Waals surface area contributed by atoms with E-state index in [1.165, 1.54) is 17.9 Å². The number of nitrogens with zero attached hydrogens (tertiary/aromatic N) is 1. The largest absolute Gasteiger partial charge is 0.497 e. The molecule has 0 fully saturated rings. The normalized spacial score (nSPS) is 12.4. The minimum Gasteiger partial charge on any atom is -0.497 e. The van der Waals surface area contributed by atoms with Gasteiger partial charge in [0.25, 0.3) is 12.0 Å². The maximum absolute atomic E-state index is 12.5. The maximum Gasteiger partial charge on any atom is 0.265 e. The molecular formula is C13H15F2NO2. The topological polar surface area (TPSA) is 31.2 Å². The summed E-state index contributed by atoms with van der Waals surface area (Å²) in [4.78, 5) is 11.4. The highest BCUT2D eigenvalue weighted by Crippen LogP contribution is 2.16. The fourth-order valence-electron chi connectivity index (χ4n) is 1.39. The van der Waals surface area contributed by atoms with Gasteiger partial charge in [-0.2, -0.15) is 0 Å². The van der Waals surface area contributed by atoms with Crippen LogP contribution in [-0.4, -0.2) is 11.7 Å². The van der Waals surface area contributed by atoms with E-state index in [0.717, 1.165) is 12.1 Å². The summed E-state index contributed by atoms with van der Waals surface area (Å²) in [5.41, 5.74) is -0.482. The predicted molar refractivity (Wildman–Crippen MR) is 65.6 cm³/mol. The zero-order valence-electron chi connectivity index (χ0n) is 10.3. The monoisotopic (exact) mass is 255 g/mol. The molecule has 0 bridgehead atoms. The standard InChI is InChI=1S/C13H15F2NO2/c1-3-11(18-2)5-4-8-16-9-10(13(14)15)6-7-12(16)17/h3-7,9,13H,8H2,1-2H3/b5-4-,11-3+. The van der Waals surface area contributed by atoms with Crippen LogP contribution in [0, 0.1) is 0 Å². The van der Waals surface area contributed by atoms with Crippen LogP contribution >= 0.6 is 0 Å².